The van der Waals surface area contributed by atoms with Crippen molar-refractivity contribution in [2.45, 2.75) is 26.3 Å². The second-order valence-corrected chi connectivity index (χ2v) is 7.50. The second kappa shape index (κ2) is 8.39. The van der Waals surface area contributed by atoms with Gasteiger partial charge in [-0.3, -0.25) is 4.79 Å². The van der Waals surface area contributed by atoms with Gasteiger partial charge in [0.2, 0.25) is 5.91 Å². The Morgan fingerprint density at radius 2 is 1.86 bits per heavy atom. The predicted octanol–water partition coefficient (Wildman–Crippen LogP) is 3.70. The van der Waals surface area contributed by atoms with Gasteiger partial charge >= 0.3 is 0 Å². The fourth-order valence-electron chi connectivity index (χ4n) is 3.47. The van der Waals surface area contributed by atoms with Crippen molar-refractivity contribution >= 4 is 5.91 Å². The van der Waals surface area contributed by atoms with Crippen LogP contribution in [-0.4, -0.2) is 28.9 Å². The summed E-state index contributed by atoms with van der Waals surface area (Å²) in [5.74, 6) is 1.68. The van der Waals surface area contributed by atoms with Gasteiger partial charge in [-0.1, -0.05) is 38.1 Å². The average molecular weight is 391 g/mol. The number of ether oxygens (including phenoxy) is 2. The Morgan fingerprint density at radius 3 is 2.62 bits per heavy atom. The molecular formula is C23H25N3O3. The van der Waals surface area contributed by atoms with Crippen LogP contribution in [0.15, 0.2) is 60.9 Å². The van der Waals surface area contributed by atoms with Crippen LogP contribution >= 0.6 is 0 Å². The van der Waals surface area contributed by atoms with Crippen molar-refractivity contribution in [3.63, 3.8) is 0 Å². The van der Waals surface area contributed by atoms with Crippen LogP contribution in [-0.2, 0) is 11.2 Å². The van der Waals surface area contributed by atoms with Crippen LogP contribution in [0.4, 0.5) is 0 Å². The number of nitrogens with zero attached hydrogens (tertiary/aromatic N) is 2. The van der Waals surface area contributed by atoms with Crippen LogP contribution in [0.25, 0.3) is 5.69 Å². The van der Waals surface area contributed by atoms with Gasteiger partial charge in [0, 0.05) is 6.20 Å². The third kappa shape index (κ3) is 4.42. The molecule has 0 aliphatic carbocycles. The van der Waals surface area contributed by atoms with Crippen molar-refractivity contribution < 1.29 is 14.3 Å². The molecule has 6 nitrogen and oxygen atoms in total. The summed E-state index contributed by atoms with van der Waals surface area (Å²) < 4.78 is 13.1. The number of fused-ring (bicyclic) bond motifs is 1. The van der Waals surface area contributed by atoms with Gasteiger partial charge in [0.25, 0.3) is 0 Å². The number of carbonyl (C=O) groups excluding carboxylic acids is 1. The Labute approximate surface area is 170 Å². The van der Waals surface area contributed by atoms with Crippen LogP contribution in [0.1, 0.15) is 31.0 Å². The van der Waals surface area contributed by atoms with Gasteiger partial charge in [0.15, 0.2) is 11.5 Å². The number of hydrogen-bond acceptors (Lipinski definition) is 4. The minimum absolute atomic E-state index is 0.0359. The Bertz CT molecular complexity index is 982. The van der Waals surface area contributed by atoms with Crippen molar-refractivity contribution in [3.8, 4) is 17.2 Å². The zero-order chi connectivity index (χ0) is 20.2. The van der Waals surface area contributed by atoms with Crippen LogP contribution in [0.3, 0.4) is 0 Å². The highest BCUT2D eigenvalue weighted by molar-refractivity contribution is 5.79. The molecule has 150 valence electrons. The SMILES string of the molecule is CC(C)C(NC(=O)Cc1cnn(-c2ccccc2)c1)c1ccc2c(c1)OCCO2. The lowest BCUT2D eigenvalue weighted by molar-refractivity contribution is -0.121. The van der Waals surface area contributed by atoms with Gasteiger partial charge in [0.1, 0.15) is 13.2 Å². The summed E-state index contributed by atoms with van der Waals surface area (Å²) in [5.41, 5.74) is 2.85. The first-order chi connectivity index (χ1) is 14.1. The molecule has 0 spiro atoms. The smallest absolute Gasteiger partial charge is 0.225 e. The molecule has 1 aromatic heterocycles. The van der Waals surface area contributed by atoms with E-state index in [1.165, 1.54) is 0 Å². The summed E-state index contributed by atoms with van der Waals surface area (Å²) in [4.78, 5) is 12.7. The number of hydrogen-bond donors (Lipinski definition) is 1. The van der Waals surface area contributed by atoms with E-state index in [0.717, 1.165) is 28.3 Å². The number of nitrogens with one attached hydrogen (secondary N) is 1. The number of benzene rings is 2. The van der Waals surface area contributed by atoms with E-state index < -0.39 is 0 Å². The normalized spacial score (nSPS) is 13.9. The minimum Gasteiger partial charge on any atom is -0.486 e. The Hall–Kier alpha value is -3.28. The molecule has 1 aliphatic rings. The van der Waals surface area contributed by atoms with Crippen molar-refractivity contribution in [2.24, 2.45) is 5.92 Å². The maximum atomic E-state index is 12.7. The number of rotatable bonds is 6. The van der Waals surface area contributed by atoms with Crippen LogP contribution < -0.4 is 14.8 Å². The highest BCUT2D eigenvalue weighted by Crippen LogP contribution is 2.34. The Morgan fingerprint density at radius 1 is 1.10 bits per heavy atom. The molecular weight excluding hydrogens is 366 g/mol. The summed E-state index contributed by atoms with van der Waals surface area (Å²) in [7, 11) is 0. The minimum atomic E-state index is -0.109. The van der Waals surface area contributed by atoms with Gasteiger partial charge in [0.05, 0.1) is 24.3 Å². The monoisotopic (exact) mass is 391 g/mol. The molecule has 1 N–H and O–H groups in total. The van der Waals surface area contributed by atoms with E-state index in [2.05, 4.69) is 24.3 Å². The largest absolute Gasteiger partial charge is 0.486 e. The molecule has 0 fully saturated rings. The lowest BCUT2D eigenvalue weighted by Crippen LogP contribution is -2.33. The highest BCUT2D eigenvalue weighted by atomic mass is 16.6. The van der Waals surface area contributed by atoms with E-state index >= 15 is 0 Å². The first kappa shape index (κ1) is 19.1. The molecule has 0 saturated heterocycles. The molecule has 0 saturated carbocycles. The highest BCUT2D eigenvalue weighted by Gasteiger charge is 2.21. The lowest BCUT2D eigenvalue weighted by Gasteiger charge is -2.25. The summed E-state index contributed by atoms with van der Waals surface area (Å²) in [5, 5.41) is 7.53. The Balaban J connectivity index is 1.45. The summed E-state index contributed by atoms with van der Waals surface area (Å²) >= 11 is 0. The van der Waals surface area contributed by atoms with Crippen LogP contribution in [0, 0.1) is 5.92 Å². The van der Waals surface area contributed by atoms with Crippen molar-refractivity contribution in [3.05, 3.63) is 72.1 Å². The maximum absolute atomic E-state index is 12.7. The topological polar surface area (TPSA) is 65.4 Å². The molecule has 1 amide bonds. The van der Waals surface area contributed by atoms with Crippen molar-refractivity contribution in [2.75, 3.05) is 13.2 Å². The van der Waals surface area contributed by atoms with E-state index in [1.54, 1.807) is 10.9 Å². The molecule has 1 unspecified atom stereocenters. The molecule has 2 aromatic carbocycles. The first-order valence-corrected chi connectivity index (χ1v) is 9.88. The number of amides is 1. The van der Waals surface area contributed by atoms with Gasteiger partial charge in [-0.15, -0.1) is 0 Å². The van der Waals surface area contributed by atoms with Crippen molar-refractivity contribution in [1.29, 1.82) is 0 Å². The second-order valence-electron chi connectivity index (χ2n) is 7.50. The molecule has 0 radical (unpaired) electrons. The van der Waals surface area contributed by atoms with Crippen molar-refractivity contribution in [1.82, 2.24) is 15.1 Å². The average Bonchev–Trinajstić information content (AvgIpc) is 3.20. The molecule has 29 heavy (non-hydrogen) atoms. The van der Waals surface area contributed by atoms with E-state index in [-0.39, 0.29) is 24.3 Å². The van der Waals surface area contributed by atoms with E-state index in [1.807, 2.05) is 54.7 Å². The molecule has 0 bridgehead atoms. The Kier molecular flexibility index (Phi) is 5.51. The third-order valence-electron chi connectivity index (χ3n) is 4.93. The lowest BCUT2D eigenvalue weighted by atomic mass is 9.95. The zero-order valence-corrected chi connectivity index (χ0v) is 16.7. The summed E-state index contributed by atoms with van der Waals surface area (Å²) in [6.45, 7) is 5.29. The molecule has 3 aromatic rings. The van der Waals surface area contributed by atoms with Gasteiger partial charge < -0.3 is 14.8 Å². The van der Waals surface area contributed by atoms with Gasteiger partial charge in [-0.25, -0.2) is 4.68 Å². The maximum Gasteiger partial charge on any atom is 0.225 e. The standard InChI is InChI=1S/C23H25N3O3/c1-16(2)23(18-8-9-20-21(13-18)29-11-10-28-20)25-22(27)12-17-14-24-26(15-17)19-6-4-3-5-7-19/h3-9,13-16,23H,10-12H2,1-2H3,(H,25,27). The fraction of sp³-hybridized carbons (Fsp3) is 0.304. The van der Waals surface area contributed by atoms with E-state index in [4.69, 9.17) is 9.47 Å². The first-order valence-electron chi connectivity index (χ1n) is 9.88. The fourth-order valence-corrected chi connectivity index (χ4v) is 3.47. The molecule has 4 rings (SSSR count). The molecule has 2 heterocycles. The number of para-hydroxylation sites is 1. The van der Waals surface area contributed by atoms with Gasteiger partial charge in [-0.2, -0.15) is 5.10 Å². The third-order valence-corrected chi connectivity index (χ3v) is 4.93. The summed E-state index contributed by atoms with van der Waals surface area (Å²) in [6.07, 6.45) is 3.91. The predicted molar refractivity (Wildman–Crippen MR) is 110 cm³/mol. The molecule has 1 aliphatic heterocycles. The summed E-state index contributed by atoms with van der Waals surface area (Å²) in [6, 6.07) is 15.6. The molecule has 6 heteroatoms. The zero-order valence-electron chi connectivity index (χ0n) is 16.7. The van der Waals surface area contributed by atoms with E-state index in [9.17, 15) is 4.79 Å². The number of aromatic nitrogens is 2. The van der Waals surface area contributed by atoms with Gasteiger partial charge in [-0.05, 0) is 41.3 Å². The quantitative estimate of drug-likeness (QED) is 0.696. The number of carbonyl (C=O) groups is 1. The van der Waals surface area contributed by atoms with Crippen LogP contribution in [0.2, 0.25) is 0 Å². The van der Waals surface area contributed by atoms with Crippen LogP contribution in [0.5, 0.6) is 11.5 Å². The molecule has 1 atom stereocenters. The van der Waals surface area contributed by atoms with E-state index in [0.29, 0.717) is 13.2 Å².